The van der Waals surface area contributed by atoms with Crippen molar-refractivity contribution in [2.24, 2.45) is 5.92 Å². The number of aliphatic carboxylic acids is 1. The smallest absolute Gasteiger partial charge is 0.303 e. The van der Waals surface area contributed by atoms with E-state index in [0.717, 1.165) is 6.07 Å². The van der Waals surface area contributed by atoms with Crippen LogP contribution in [0.25, 0.3) is 0 Å². The molecule has 0 radical (unpaired) electrons. The molecule has 1 aromatic carbocycles. The minimum Gasteiger partial charge on any atom is -0.481 e. The Morgan fingerprint density at radius 3 is 2.76 bits per heavy atom. The van der Waals surface area contributed by atoms with E-state index < -0.39 is 17.7 Å². The number of nitrogens with one attached hydrogen (secondary N) is 1. The zero-order chi connectivity index (χ0) is 12.8. The monoisotopic (exact) mass is 239 g/mol. The summed E-state index contributed by atoms with van der Waals surface area (Å²) in [5, 5.41) is 11.1. The molecule has 1 amide bonds. The molecule has 0 bridgehead atoms. The fourth-order valence-electron chi connectivity index (χ4n) is 1.37. The Kier molecular flexibility index (Phi) is 4.63. The lowest BCUT2D eigenvalue weighted by molar-refractivity contribution is -0.137. The summed E-state index contributed by atoms with van der Waals surface area (Å²) in [4.78, 5) is 22.0. The van der Waals surface area contributed by atoms with E-state index in [1.54, 1.807) is 6.92 Å². The third-order valence-corrected chi connectivity index (χ3v) is 2.22. The molecule has 1 aromatic rings. The highest BCUT2D eigenvalue weighted by molar-refractivity contribution is 5.94. The van der Waals surface area contributed by atoms with Gasteiger partial charge in [-0.3, -0.25) is 9.59 Å². The summed E-state index contributed by atoms with van der Waals surface area (Å²) in [5.41, 5.74) is 0.229. The summed E-state index contributed by atoms with van der Waals surface area (Å²) in [6, 6.07) is 5.34. The van der Waals surface area contributed by atoms with Crippen molar-refractivity contribution in [1.82, 2.24) is 5.32 Å². The van der Waals surface area contributed by atoms with E-state index in [0.29, 0.717) is 0 Å². The SMILES string of the molecule is CC(CNC(=O)c1cccc(F)c1)CC(=O)O. The Morgan fingerprint density at radius 2 is 2.18 bits per heavy atom. The lowest BCUT2D eigenvalue weighted by Crippen LogP contribution is -2.29. The molecule has 0 fully saturated rings. The summed E-state index contributed by atoms with van der Waals surface area (Å²) in [5.74, 6) is -1.94. The number of hydrogen-bond donors (Lipinski definition) is 2. The first-order chi connectivity index (χ1) is 7.99. The molecule has 0 heterocycles. The lowest BCUT2D eigenvalue weighted by Gasteiger charge is -2.10. The molecule has 1 unspecified atom stereocenters. The maximum absolute atomic E-state index is 12.8. The maximum Gasteiger partial charge on any atom is 0.303 e. The van der Waals surface area contributed by atoms with Crippen molar-refractivity contribution in [2.45, 2.75) is 13.3 Å². The van der Waals surface area contributed by atoms with E-state index in [4.69, 9.17) is 5.11 Å². The van der Waals surface area contributed by atoms with Crippen molar-refractivity contribution in [3.63, 3.8) is 0 Å². The summed E-state index contributed by atoms with van der Waals surface area (Å²) in [6.07, 6.45) is -0.0105. The van der Waals surface area contributed by atoms with Gasteiger partial charge >= 0.3 is 5.97 Å². The topological polar surface area (TPSA) is 66.4 Å². The van der Waals surface area contributed by atoms with Gasteiger partial charge in [0.05, 0.1) is 0 Å². The van der Waals surface area contributed by atoms with Gasteiger partial charge in [-0.25, -0.2) is 4.39 Å². The number of carboxylic acid groups (broad SMARTS) is 1. The zero-order valence-corrected chi connectivity index (χ0v) is 9.44. The fourth-order valence-corrected chi connectivity index (χ4v) is 1.37. The molecule has 0 spiro atoms. The van der Waals surface area contributed by atoms with Crippen molar-refractivity contribution >= 4 is 11.9 Å². The second kappa shape index (κ2) is 5.98. The Hall–Kier alpha value is -1.91. The van der Waals surface area contributed by atoms with Crippen LogP contribution < -0.4 is 5.32 Å². The second-order valence-electron chi connectivity index (χ2n) is 3.92. The molecule has 0 aromatic heterocycles. The number of benzene rings is 1. The van der Waals surface area contributed by atoms with Crippen molar-refractivity contribution < 1.29 is 19.1 Å². The molecule has 4 nitrogen and oxygen atoms in total. The molecule has 1 rings (SSSR count). The number of carbonyl (C=O) groups excluding carboxylic acids is 1. The Morgan fingerprint density at radius 1 is 1.47 bits per heavy atom. The molecule has 0 saturated carbocycles. The van der Waals surface area contributed by atoms with Crippen LogP contribution in [0, 0.1) is 11.7 Å². The van der Waals surface area contributed by atoms with E-state index in [-0.39, 0.29) is 24.4 Å². The van der Waals surface area contributed by atoms with Gasteiger partial charge < -0.3 is 10.4 Å². The first-order valence-corrected chi connectivity index (χ1v) is 5.24. The average molecular weight is 239 g/mol. The summed E-state index contributed by atoms with van der Waals surface area (Å²) < 4.78 is 12.8. The van der Waals surface area contributed by atoms with Crippen LogP contribution in [-0.4, -0.2) is 23.5 Å². The van der Waals surface area contributed by atoms with Gasteiger partial charge in [-0.2, -0.15) is 0 Å². The minimum absolute atomic E-state index is 0.0105. The van der Waals surface area contributed by atoms with Crippen LogP contribution >= 0.6 is 0 Å². The van der Waals surface area contributed by atoms with Crippen molar-refractivity contribution in [3.05, 3.63) is 35.6 Å². The van der Waals surface area contributed by atoms with Crippen LogP contribution in [0.2, 0.25) is 0 Å². The second-order valence-corrected chi connectivity index (χ2v) is 3.92. The molecular weight excluding hydrogens is 225 g/mol. The molecule has 0 aliphatic carbocycles. The highest BCUT2D eigenvalue weighted by atomic mass is 19.1. The molecule has 5 heteroatoms. The van der Waals surface area contributed by atoms with E-state index in [9.17, 15) is 14.0 Å². The fraction of sp³-hybridized carbons (Fsp3) is 0.333. The molecule has 0 aliphatic rings. The normalized spacial score (nSPS) is 11.9. The average Bonchev–Trinajstić information content (AvgIpc) is 2.25. The number of carbonyl (C=O) groups is 2. The van der Waals surface area contributed by atoms with Crippen LogP contribution in [0.1, 0.15) is 23.7 Å². The minimum atomic E-state index is -0.905. The van der Waals surface area contributed by atoms with Crippen LogP contribution in [-0.2, 0) is 4.79 Å². The van der Waals surface area contributed by atoms with Gasteiger partial charge in [-0.1, -0.05) is 13.0 Å². The quantitative estimate of drug-likeness (QED) is 0.821. The number of amides is 1. The van der Waals surface area contributed by atoms with Gasteiger partial charge in [-0.05, 0) is 24.1 Å². The Balaban J connectivity index is 2.47. The van der Waals surface area contributed by atoms with Gasteiger partial charge in [0.1, 0.15) is 5.82 Å². The third kappa shape index (κ3) is 4.63. The highest BCUT2D eigenvalue weighted by Gasteiger charge is 2.10. The number of rotatable bonds is 5. The van der Waals surface area contributed by atoms with E-state index >= 15 is 0 Å². The summed E-state index contributed by atoms with van der Waals surface area (Å²) in [6.45, 7) is 1.97. The van der Waals surface area contributed by atoms with Gasteiger partial charge in [0, 0.05) is 18.5 Å². The van der Waals surface area contributed by atoms with Gasteiger partial charge in [0.25, 0.3) is 5.91 Å². The van der Waals surface area contributed by atoms with Crippen LogP contribution in [0.3, 0.4) is 0 Å². The Bertz CT molecular complexity index is 420. The summed E-state index contributed by atoms with van der Waals surface area (Å²) in [7, 11) is 0. The van der Waals surface area contributed by atoms with Gasteiger partial charge in [-0.15, -0.1) is 0 Å². The molecule has 0 saturated heterocycles. The third-order valence-electron chi connectivity index (χ3n) is 2.22. The summed E-state index contributed by atoms with van der Waals surface area (Å²) >= 11 is 0. The van der Waals surface area contributed by atoms with Crippen LogP contribution in [0.5, 0.6) is 0 Å². The number of halogens is 1. The predicted molar refractivity (Wildman–Crippen MR) is 60.2 cm³/mol. The number of hydrogen-bond acceptors (Lipinski definition) is 2. The maximum atomic E-state index is 12.8. The van der Waals surface area contributed by atoms with E-state index in [1.807, 2.05) is 0 Å². The van der Waals surface area contributed by atoms with Crippen molar-refractivity contribution in [2.75, 3.05) is 6.54 Å². The molecule has 1 atom stereocenters. The first-order valence-electron chi connectivity index (χ1n) is 5.24. The largest absolute Gasteiger partial charge is 0.481 e. The van der Waals surface area contributed by atoms with E-state index in [2.05, 4.69) is 5.32 Å². The van der Waals surface area contributed by atoms with Crippen molar-refractivity contribution in [3.8, 4) is 0 Å². The highest BCUT2D eigenvalue weighted by Crippen LogP contribution is 2.04. The van der Waals surface area contributed by atoms with Crippen LogP contribution in [0.15, 0.2) is 24.3 Å². The molecular formula is C12H14FNO3. The van der Waals surface area contributed by atoms with Crippen molar-refractivity contribution in [1.29, 1.82) is 0 Å². The Labute approximate surface area is 98.5 Å². The lowest BCUT2D eigenvalue weighted by atomic mass is 10.1. The van der Waals surface area contributed by atoms with Gasteiger partial charge in [0.2, 0.25) is 0 Å². The molecule has 17 heavy (non-hydrogen) atoms. The standard InChI is InChI=1S/C12H14FNO3/c1-8(5-11(15)16)7-14-12(17)9-3-2-4-10(13)6-9/h2-4,6,8H,5,7H2,1H3,(H,14,17)(H,15,16). The van der Waals surface area contributed by atoms with Gasteiger partial charge in [0.15, 0.2) is 0 Å². The number of carboxylic acids is 1. The molecule has 0 aliphatic heterocycles. The van der Waals surface area contributed by atoms with Crippen LogP contribution in [0.4, 0.5) is 4.39 Å². The first kappa shape index (κ1) is 13.2. The zero-order valence-electron chi connectivity index (χ0n) is 9.44. The molecule has 92 valence electrons. The molecule has 2 N–H and O–H groups in total. The predicted octanol–water partition coefficient (Wildman–Crippen LogP) is 1.67. The van der Waals surface area contributed by atoms with E-state index in [1.165, 1.54) is 18.2 Å².